The SMILES string of the molecule is CCOc1cc(C=NNC(=O)C(=O)Nc2ccc(C(F)(F)F)cc2)cc(Br)c1O. The Balaban J connectivity index is 1.97. The topological polar surface area (TPSA) is 100 Å². The average Bonchev–Trinajstić information content (AvgIpc) is 2.65. The molecule has 0 spiro atoms. The van der Waals surface area contributed by atoms with Crippen molar-refractivity contribution in [1.82, 2.24) is 5.43 Å². The molecule has 0 heterocycles. The first-order valence-corrected chi connectivity index (χ1v) is 8.88. The summed E-state index contributed by atoms with van der Waals surface area (Å²) in [7, 11) is 0. The molecule has 2 rings (SSSR count). The van der Waals surface area contributed by atoms with Crippen LogP contribution in [0.4, 0.5) is 18.9 Å². The van der Waals surface area contributed by atoms with Crippen LogP contribution in [0.5, 0.6) is 11.5 Å². The Bertz CT molecular complexity index is 931. The van der Waals surface area contributed by atoms with Crippen molar-refractivity contribution in [3.63, 3.8) is 0 Å². The van der Waals surface area contributed by atoms with Crippen LogP contribution in [0.2, 0.25) is 0 Å². The number of nitrogens with zero attached hydrogens (tertiary/aromatic N) is 1. The zero-order valence-electron chi connectivity index (χ0n) is 14.9. The van der Waals surface area contributed by atoms with E-state index in [0.29, 0.717) is 16.6 Å². The van der Waals surface area contributed by atoms with Crippen LogP contribution in [-0.2, 0) is 15.8 Å². The molecule has 154 valence electrons. The minimum Gasteiger partial charge on any atom is -0.503 e. The van der Waals surface area contributed by atoms with Crippen LogP contribution >= 0.6 is 15.9 Å². The van der Waals surface area contributed by atoms with Gasteiger partial charge in [-0.25, -0.2) is 5.43 Å². The number of anilines is 1. The molecule has 2 amide bonds. The van der Waals surface area contributed by atoms with Gasteiger partial charge in [-0.1, -0.05) is 0 Å². The van der Waals surface area contributed by atoms with Crippen LogP contribution in [0.1, 0.15) is 18.1 Å². The first-order valence-electron chi connectivity index (χ1n) is 8.08. The number of hydrogen-bond acceptors (Lipinski definition) is 5. The van der Waals surface area contributed by atoms with Crippen LogP contribution in [0, 0.1) is 0 Å². The van der Waals surface area contributed by atoms with E-state index in [0.717, 1.165) is 24.3 Å². The van der Waals surface area contributed by atoms with Crippen LogP contribution in [-0.4, -0.2) is 29.7 Å². The van der Waals surface area contributed by atoms with Gasteiger partial charge in [0.05, 0.1) is 22.9 Å². The molecule has 0 saturated heterocycles. The van der Waals surface area contributed by atoms with E-state index in [2.05, 4.69) is 26.3 Å². The third-order valence-corrected chi connectivity index (χ3v) is 4.01. The fraction of sp³-hybridized carbons (Fsp3) is 0.167. The lowest BCUT2D eigenvalue weighted by Gasteiger charge is -2.08. The summed E-state index contributed by atoms with van der Waals surface area (Å²) < 4.78 is 43.1. The smallest absolute Gasteiger partial charge is 0.416 e. The summed E-state index contributed by atoms with van der Waals surface area (Å²) >= 11 is 3.15. The maximum Gasteiger partial charge on any atom is 0.416 e. The third-order valence-electron chi connectivity index (χ3n) is 3.41. The maximum atomic E-state index is 12.5. The van der Waals surface area contributed by atoms with E-state index >= 15 is 0 Å². The Labute approximate surface area is 171 Å². The summed E-state index contributed by atoms with van der Waals surface area (Å²) in [4.78, 5) is 23.6. The lowest BCUT2D eigenvalue weighted by Crippen LogP contribution is -2.32. The summed E-state index contributed by atoms with van der Waals surface area (Å²) in [6.45, 7) is 2.06. The van der Waals surface area contributed by atoms with Gasteiger partial charge in [0, 0.05) is 5.69 Å². The Morgan fingerprint density at radius 2 is 1.86 bits per heavy atom. The van der Waals surface area contributed by atoms with Crippen molar-refractivity contribution >= 4 is 39.6 Å². The normalized spacial score (nSPS) is 11.3. The summed E-state index contributed by atoms with van der Waals surface area (Å²) in [5, 5.41) is 15.6. The standard InChI is InChI=1S/C18H15BrF3N3O4/c1-2-29-14-8-10(7-13(19)15(14)26)9-23-25-17(28)16(27)24-12-5-3-11(4-6-12)18(20,21)22/h3-9,26H,2H2,1H3,(H,24,27)(H,25,28). The predicted octanol–water partition coefficient (Wildman–Crippen LogP) is 3.66. The third kappa shape index (κ3) is 6.21. The van der Waals surface area contributed by atoms with Gasteiger partial charge in [-0.05, 0) is 64.8 Å². The van der Waals surface area contributed by atoms with E-state index in [1.165, 1.54) is 18.3 Å². The number of amides is 2. The first kappa shape index (κ1) is 22.2. The summed E-state index contributed by atoms with van der Waals surface area (Å²) in [6.07, 6.45) is -3.28. The monoisotopic (exact) mass is 473 g/mol. The van der Waals surface area contributed by atoms with Gasteiger partial charge in [0.15, 0.2) is 11.5 Å². The number of benzene rings is 2. The second-order valence-electron chi connectivity index (χ2n) is 5.51. The number of alkyl halides is 3. The molecule has 0 aliphatic carbocycles. The van der Waals surface area contributed by atoms with E-state index in [9.17, 15) is 27.9 Å². The van der Waals surface area contributed by atoms with Gasteiger partial charge in [-0.3, -0.25) is 9.59 Å². The van der Waals surface area contributed by atoms with Crippen molar-refractivity contribution in [2.75, 3.05) is 11.9 Å². The largest absolute Gasteiger partial charge is 0.503 e. The van der Waals surface area contributed by atoms with Crippen LogP contribution in [0.15, 0.2) is 46.0 Å². The number of hydrogen-bond donors (Lipinski definition) is 3. The van der Waals surface area contributed by atoms with E-state index in [1.54, 1.807) is 6.92 Å². The number of hydrazone groups is 1. The second-order valence-corrected chi connectivity index (χ2v) is 6.37. The fourth-order valence-corrected chi connectivity index (χ4v) is 2.54. The molecule has 3 N–H and O–H groups in total. The minimum absolute atomic E-state index is 0.0194. The fourth-order valence-electron chi connectivity index (χ4n) is 2.08. The Kier molecular flexibility index (Phi) is 7.21. The highest BCUT2D eigenvalue weighted by atomic mass is 79.9. The van der Waals surface area contributed by atoms with E-state index in [1.807, 2.05) is 5.43 Å². The molecular weight excluding hydrogens is 459 g/mol. The molecule has 0 aliphatic heterocycles. The zero-order valence-corrected chi connectivity index (χ0v) is 16.5. The van der Waals surface area contributed by atoms with E-state index in [-0.39, 0.29) is 17.2 Å². The summed E-state index contributed by atoms with van der Waals surface area (Å²) in [6, 6.07) is 6.60. The molecule has 2 aromatic carbocycles. The van der Waals surface area contributed by atoms with E-state index < -0.39 is 23.6 Å². The molecule has 7 nitrogen and oxygen atoms in total. The van der Waals surface area contributed by atoms with Crippen LogP contribution < -0.4 is 15.5 Å². The molecule has 0 aliphatic rings. The Hall–Kier alpha value is -3.08. The number of carbonyl (C=O) groups is 2. The minimum atomic E-state index is -4.50. The van der Waals surface area contributed by atoms with Crippen molar-refractivity contribution in [2.45, 2.75) is 13.1 Å². The highest BCUT2D eigenvalue weighted by Gasteiger charge is 2.30. The molecule has 0 saturated carbocycles. The summed E-state index contributed by atoms with van der Waals surface area (Å²) in [5.74, 6) is -2.12. The zero-order chi connectivity index (χ0) is 21.6. The quantitative estimate of drug-likeness (QED) is 0.350. The van der Waals surface area contributed by atoms with Crippen molar-refractivity contribution < 1.29 is 32.6 Å². The Morgan fingerprint density at radius 1 is 1.21 bits per heavy atom. The van der Waals surface area contributed by atoms with E-state index in [4.69, 9.17) is 4.74 Å². The number of halogens is 4. The molecular formula is C18H15BrF3N3O4. The van der Waals surface area contributed by atoms with Gasteiger partial charge in [0.1, 0.15) is 0 Å². The number of phenols is 1. The lowest BCUT2D eigenvalue weighted by molar-refractivity contribution is -0.137. The van der Waals surface area contributed by atoms with Crippen LogP contribution in [0.25, 0.3) is 0 Å². The number of nitrogens with one attached hydrogen (secondary N) is 2. The van der Waals surface area contributed by atoms with Gasteiger partial charge < -0.3 is 15.2 Å². The molecule has 0 radical (unpaired) electrons. The van der Waals surface area contributed by atoms with Crippen molar-refractivity contribution in [1.29, 1.82) is 0 Å². The number of phenolic OH excluding ortho intramolecular Hbond substituents is 1. The van der Waals surface area contributed by atoms with Crippen molar-refractivity contribution in [3.8, 4) is 11.5 Å². The molecule has 0 atom stereocenters. The average molecular weight is 474 g/mol. The van der Waals surface area contributed by atoms with Gasteiger partial charge in [-0.2, -0.15) is 18.3 Å². The molecule has 11 heteroatoms. The molecule has 29 heavy (non-hydrogen) atoms. The molecule has 2 aromatic rings. The molecule has 0 bridgehead atoms. The Morgan fingerprint density at radius 3 is 2.45 bits per heavy atom. The highest BCUT2D eigenvalue weighted by molar-refractivity contribution is 9.10. The van der Waals surface area contributed by atoms with Gasteiger partial charge >= 0.3 is 18.0 Å². The summed E-state index contributed by atoms with van der Waals surface area (Å²) in [5.41, 5.74) is 1.59. The second kappa shape index (κ2) is 9.41. The van der Waals surface area contributed by atoms with Gasteiger partial charge in [-0.15, -0.1) is 0 Å². The molecule has 0 fully saturated rings. The number of ether oxygens (including phenoxy) is 1. The van der Waals surface area contributed by atoms with Gasteiger partial charge in [0.2, 0.25) is 0 Å². The van der Waals surface area contributed by atoms with Gasteiger partial charge in [0.25, 0.3) is 0 Å². The van der Waals surface area contributed by atoms with Crippen molar-refractivity contribution in [2.24, 2.45) is 5.10 Å². The first-order chi connectivity index (χ1) is 13.6. The van der Waals surface area contributed by atoms with Crippen LogP contribution in [0.3, 0.4) is 0 Å². The predicted molar refractivity (Wildman–Crippen MR) is 103 cm³/mol. The number of rotatable bonds is 5. The maximum absolute atomic E-state index is 12.5. The highest BCUT2D eigenvalue weighted by Crippen LogP contribution is 2.35. The lowest BCUT2D eigenvalue weighted by atomic mass is 10.2. The van der Waals surface area contributed by atoms with Crippen molar-refractivity contribution in [3.05, 3.63) is 52.0 Å². The number of carbonyl (C=O) groups excluding carboxylic acids is 2. The number of aromatic hydroxyl groups is 1. The molecule has 0 aromatic heterocycles. The molecule has 0 unspecified atom stereocenters.